The number of benzene rings is 2. The summed E-state index contributed by atoms with van der Waals surface area (Å²) in [5.41, 5.74) is 11.3. The molecule has 0 bridgehead atoms. The number of carbonyl (C=O) groups is 1. The van der Waals surface area contributed by atoms with E-state index in [1.54, 1.807) is 13.1 Å². The summed E-state index contributed by atoms with van der Waals surface area (Å²) in [6.07, 6.45) is 8.05. The van der Waals surface area contributed by atoms with Gasteiger partial charge in [-0.15, -0.1) is 11.6 Å². The summed E-state index contributed by atoms with van der Waals surface area (Å²) in [4.78, 5) is 28.9. The number of esters is 1. The normalized spacial score (nSPS) is 12.8. The number of aromatic nitrogens is 3. The minimum atomic E-state index is -0.254. The number of halogens is 1. The number of fused-ring (bicyclic) bond motifs is 1. The molecule has 0 fully saturated rings. The van der Waals surface area contributed by atoms with Gasteiger partial charge < -0.3 is 4.74 Å². The molecule has 0 radical (unpaired) electrons. The van der Waals surface area contributed by atoms with Crippen LogP contribution in [0.25, 0.3) is 22.5 Å². The van der Waals surface area contributed by atoms with Crippen molar-refractivity contribution in [2.24, 2.45) is 0 Å². The highest BCUT2D eigenvalue weighted by molar-refractivity contribution is 6.20. The van der Waals surface area contributed by atoms with E-state index >= 15 is 0 Å². The average Bonchev–Trinajstić information content (AvgIpc) is 3.62. The molecule has 0 saturated heterocycles. The zero-order valence-electron chi connectivity index (χ0n) is 28.7. The molecule has 0 spiro atoms. The Morgan fingerprint density at radius 3 is 2.32 bits per heavy atom. The van der Waals surface area contributed by atoms with Crippen molar-refractivity contribution >= 4 is 17.6 Å². The molecule has 1 unspecified atom stereocenters. The molecule has 0 aliphatic heterocycles. The van der Waals surface area contributed by atoms with Crippen LogP contribution in [0.15, 0.2) is 91.3 Å². The van der Waals surface area contributed by atoms with Crippen LogP contribution in [-0.4, -0.2) is 39.0 Å². The third-order valence-corrected chi connectivity index (χ3v) is 9.65. The molecule has 3 heterocycles. The van der Waals surface area contributed by atoms with Gasteiger partial charge in [0.15, 0.2) is 0 Å². The van der Waals surface area contributed by atoms with Crippen LogP contribution in [0.3, 0.4) is 0 Å². The number of hydrogen-bond acceptors (Lipinski definition) is 7. The third kappa shape index (κ3) is 8.63. The summed E-state index contributed by atoms with van der Waals surface area (Å²) in [6.45, 7) is 6.66. The number of carbonyl (C=O) groups excluding carboxylic acids is 1. The number of nitriles is 1. The predicted octanol–water partition coefficient (Wildman–Crippen LogP) is 8.74. The minimum absolute atomic E-state index is 0.247. The zero-order valence-corrected chi connectivity index (χ0v) is 29.5. The Morgan fingerprint density at radius 2 is 1.66 bits per heavy atom. The molecule has 0 saturated carbocycles. The Labute approximate surface area is 300 Å². The molecular formula is C42H42ClN5O2. The quantitative estimate of drug-likeness (QED) is 0.0854. The van der Waals surface area contributed by atoms with E-state index in [4.69, 9.17) is 26.3 Å². The van der Waals surface area contributed by atoms with Gasteiger partial charge in [-0.1, -0.05) is 60.7 Å². The van der Waals surface area contributed by atoms with E-state index < -0.39 is 0 Å². The lowest BCUT2D eigenvalue weighted by molar-refractivity contribution is -0.143. The smallest absolute Gasteiger partial charge is 0.306 e. The molecule has 8 heteroatoms. The van der Waals surface area contributed by atoms with Gasteiger partial charge in [-0.25, -0.2) is 4.98 Å². The van der Waals surface area contributed by atoms with Crippen molar-refractivity contribution in [2.45, 2.75) is 70.8 Å². The van der Waals surface area contributed by atoms with Crippen molar-refractivity contribution in [3.05, 3.63) is 136 Å². The second kappa shape index (κ2) is 16.7. The maximum atomic E-state index is 11.9. The summed E-state index contributed by atoms with van der Waals surface area (Å²) >= 11 is 7.19. The van der Waals surface area contributed by atoms with Crippen LogP contribution in [0, 0.1) is 18.3 Å². The summed E-state index contributed by atoms with van der Waals surface area (Å²) in [7, 11) is 0. The summed E-state index contributed by atoms with van der Waals surface area (Å²) in [5, 5.41) is 9.61. The van der Waals surface area contributed by atoms with Gasteiger partial charge in [0.1, 0.15) is 11.8 Å². The number of ether oxygens (including phenoxy) is 1. The van der Waals surface area contributed by atoms with Gasteiger partial charge in [-0.05, 0) is 97.5 Å². The number of hydrogen-bond donors (Lipinski definition) is 0. The second-order valence-corrected chi connectivity index (χ2v) is 13.4. The topological polar surface area (TPSA) is 92.0 Å². The lowest BCUT2D eigenvalue weighted by atomic mass is 9.97. The van der Waals surface area contributed by atoms with Crippen LogP contribution in [0.1, 0.15) is 76.3 Å². The average molecular weight is 684 g/mol. The van der Waals surface area contributed by atoms with Crippen LogP contribution in [0.4, 0.5) is 0 Å². The number of aryl methyl sites for hydroxylation is 3. The summed E-state index contributed by atoms with van der Waals surface area (Å²) in [6, 6.07) is 29.6. The van der Waals surface area contributed by atoms with E-state index in [0.717, 1.165) is 73.4 Å². The molecule has 0 amide bonds. The van der Waals surface area contributed by atoms with Gasteiger partial charge in [-0.3, -0.25) is 19.7 Å². The van der Waals surface area contributed by atoms with E-state index in [2.05, 4.69) is 88.7 Å². The maximum absolute atomic E-state index is 11.9. The first-order valence-corrected chi connectivity index (χ1v) is 17.8. The standard InChI is InChI=1S/C42H42ClN5O2/c1-3-50-40(49)18-17-32-22-36(39(24-44)45-25-32)41-29(2)21-34(26-46-41)42-35-16-10-15-33(35)23-38(47-42)37(43)19-20-48(27-30-11-6-4-7-12-30)28-31-13-8-5-9-14-31/h4-9,11-14,21-23,25-26,37H,3,10,15-20,27-28H2,1-2H3. The Bertz CT molecular complexity index is 1940. The van der Waals surface area contributed by atoms with Gasteiger partial charge >= 0.3 is 5.97 Å². The molecule has 254 valence electrons. The van der Waals surface area contributed by atoms with Crippen molar-refractivity contribution in [3.63, 3.8) is 0 Å². The fraction of sp³-hybridized carbons (Fsp3) is 0.310. The first-order valence-electron chi connectivity index (χ1n) is 17.4. The van der Waals surface area contributed by atoms with Gasteiger partial charge in [0.25, 0.3) is 0 Å². The minimum Gasteiger partial charge on any atom is -0.466 e. The van der Waals surface area contributed by atoms with Crippen LogP contribution >= 0.6 is 11.6 Å². The van der Waals surface area contributed by atoms with Gasteiger partial charge in [-0.2, -0.15) is 5.26 Å². The van der Waals surface area contributed by atoms with E-state index in [1.807, 2.05) is 19.2 Å². The predicted molar refractivity (Wildman–Crippen MR) is 197 cm³/mol. The molecule has 3 aromatic heterocycles. The number of pyridine rings is 3. The SMILES string of the molecule is CCOC(=O)CCc1cnc(C#N)c(-c2ncc(-c3nc(C(Cl)CCN(Cc4ccccc4)Cc4ccccc4)cc4c3CCC4)cc2C)c1. The number of alkyl halides is 1. The Kier molecular flexibility index (Phi) is 11.7. The molecule has 1 aliphatic carbocycles. The molecule has 1 aliphatic rings. The molecule has 2 aromatic carbocycles. The maximum Gasteiger partial charge on any atom is 0.306 e. The van der Waals surface area contributed by atoms with Gasteiger partial charge in [0.05, 0.1) is 29.1 Å². The highest BCUT2D eigenvalue weighted by atomic mass is 35.5. The molecule has 5 aromatic rings. The highest BCUT2D eigenvalue weighted by Crippen LogP contribution is 2.36. The lowest BCUT2D eigenvalue weighted by Gasteiger charge is -2.24. The third-order valence-electron chi connectivity index (χ3n) is 9.21. The Hall–Kier alpha value is -4.90. The molecule has 0 N–H and O–H groups in total. The van der Waals surface area contributed by atoms with Crippen molar-refractivity contribution in [1.82, 2.24) is 19.9 Å². The monoisotopic (exact) mass is 683 g/mol. The molecular weight excluding hydrogens is 642 g/mol. The van der Waals surface area contributed by atoms with E-state index in [-0.39, 0.29) is 17.8 Å². The van der Waals surface area contributed by atoms with Crippen LogP contribution < -0.4 is 0 Å². The zero-order chi connectivity index (χ0) is 34.9. The van der Waals surface area contributed by atoms with Gasteiger partial charge in [0.2, 0.25) is 0 Å². The van der Waals surface area contributed by atoms with Crippen molar-refractivity contribution < 1.29 is 9.53 Å². The largest absolute Gasteiger partial charge is 0.466 e. The fourth-order valence-corrected chi connectivity index (χ4v) is 6.93. The first-order chi connectivity index (χ1) is 24.4. The summed E-state index contributed by atoms with van der Waals surface area (Å²) in [5.74, 6) is -0.254. The van der Waals surface area contributed by atoms with Crippen molar-refractivity contribution in [1.29, 1.82) is 5.26 Å². The second-order valence-electron chi connectivity index (χ2n) is 12.9. The van der Waals surface area contributed by atoms with Gasteiger partial charge in [0, 0.05) is 49.6 Å². The number of rotatable bonds is 14. The first kappa shape index (κ1) is 34.9. The van der Waals surface area contributed by atoms with Crippen molar-refractivity contribution in [3.8, 4) is 28.6 Å². The molecule has 50 heavy (non-hydrogen) atoms. The van der Waals surface area contributed by atoms with E-state index in [1.165, 1.54) is 22.3 Å². The van der Waals surface area contributed by atoms with E-state index in [9.17, 15) is 10.1 Å². The number of nitrogens with zero attached hydrogens (tertiary/aromatic N) is 5. The molecule has 7 nitrogen and oxygen atoms in total. The lowest BCUT2D eigenvalue weighted by Crippen LogP contribution is -2.25. The van der Waals surface area contributed by atoms with Crippen LogP contribution in [-0.2, 0) is 41.9 Å². The van der Waals surface area contributed by atoms with Crippen LogP contribution in [0.2, 0.25) is 0 Å². The Balaban J connectivity index is 1.24. The molecule has 1 atom stereocenters. The van der Waals surface area contributed by atoms with E-state index in [0.29, 0.717) is 30.0 Å². The van der Waals surface area contributed by atoms with Crippen molar-refractivity contribution in [2.75, 3.05) is 13.2 Å². The molecule has 6 rings (SSSR count). The Morgan fingerprint density at radius 1 is 0.940 bits per heavy atom. The van der Waals surface area contributed by atoms with Crippen LogP contribution in [0.5, 0.6) is 0 Å². The summed E-state index contributed by atoms with van der Waals surface area (Å²) < 4.78 is 5.08. The fourth-order valence-electron chi connectivity index (χ4n) is 6.72. The highest BCUT2D eigenvalue weighted by Gasteiger charge is 2.23.